The highest BCUT2D eigenvalue weighted by Gasteiger charge is 2.02. The molecule has 6 heteroatoms. The second kappa shape index (κ2) is 6.32. The van der Waals surface area contributed by atoms with E-state index in [1.54, 1.807) is 29.8 Å². The number of nitrogens with zero attached hydrogens (tertiary/aromatic N) is 3. The van der Waals surface area contributed by atoms with Crippen LogP contribution in [0.25, 0.3) is 0 Å². The Morgan fingerprint density at radius 1 is 1.19 bits per heavy atom. The van der Waals surface area contributed by atoms with Gasteiger partial charge in [0.25, 0.3) is 0 Å². The van der Waals surface area contributed by atoms with Crippen LogP contribution in [0.15, 0.2) is 48.1 Å². The summed E-state index contributed by atoms with van der Waals surface area (Å²) in [5.74, 6) is 0.696. The van der Waals surface area contributed by atoms with Crippen molar-refractivity contribution in [1.82, 2.24) is 15.0 Å². The Kier molecular flexibility index (Phi) is 4.07. The molecule has 0 amide bonds. The summed E-state index contributed by atoms with van der Waals surface area (Å²) in [5, 5.41) is 6.43. The number of nitrogens with one attached hydrogen (secondary N) is 1. The van der Waals surface area contributed by atoms with E-state index in [1.165, 1.54) is 0 Å². The van der Waals surface area contributed by atoms with Crippen LogP contribution in [0.5, 0.6) is 11.8 Å². The Bertz CT molecular complexity index is 714. The number of aromatic nitrogens is 3. The van der Waals surface area contributed by atoms with Crippen molar-refractivity contribution in [2.45, 2.75) is 13.5 Å². The van der Waals surface area contributed by atoms with Gasteiger partial charge in [-0.3, -0.25) is 0 Å². The van der Waals surface area contributed by atoms with Crippen LogP contribution in [-0.4, -0.2) is 15.0 Å². The molecule has 0 fully saturated rings. The van der Waals surface area contributed by atoms with Crippen molar-refractivity contribution in [1.29, 1.82) is 0 Å². The van der Waals surface area contributed by atoms with Crippen LogP contribution in [0.2, 0.25) is 0 Å². The van der Waals surface area contributed by atoms with E-state index in [2.05, 4.69) is 20.3 Å². The van der Waals surface area contributed by atoms with Gasteiger partial charge in [-0.1, -0.05) is 6.07 Å². The molecule has 0 saturated heterocycles. The second-order valence-electron chi connectivity index (χ2n) is 4.40. The van der Waals surface area contributed by atoms with Crippen LogP contribution < -0.4 is 10.1 Å². The average Bonchev–Trinajstić information content (AvgIpc) is 2.92. The number of hydrogen-bond acceptors (Lipinski definition) is 6. The highest BCUT2D eigenvalue weighted by Crippen LogP contribution is 2.22. The molecule has 1 aromatic carbocycles. The Balaban J connectivity index is 1.65. The maximum Gasteiger partial charge on any atom is 0.321 e. The van der Waals surface area contributed by atoms with Crippen LogP contribution in [0.4, 0.5) is 5.69 Å². The minimum absolute atomic E-state index is 0.338. The van der Waals surface area contributed by atoms with Gasteiger partial charge < -0.3 is 10.1 Å². The molecule has 0 aliphatic rings. The quantitative estimate of drug-likeness (QED) is 0.779. The van der Waals surface area contributed by atoms with Crippen LogP contribution in [0.3, 0.4) is 0 Å². The molecule has 0 aliphatic carbocycles. The van der Waals surface area contributed by atoms with Crippen molar-refractivity contribution in [2.75, 3.05) is 5.32 Å². The summed E-state index contributed by atoms with van der Waals surface area (Å²) < 4.78 is 5.60. The van der Waals surface area contributed by atoms with Gasteiger partial charge in [-0.25, -0.2) is 15.0 Å². The van der Waals surface area contributed by atoms with E-state index in [9.17, 15) is 0 Å². The Morgan fingerprint density at radius 2 is 2.05 bits per heavy atom. The van der Waals surface area contributed by atoms with E-state index >= 15 is 0 Å². The lowest BCUT2D eigenvalue weighted by molar-refractivity contribution is 0.442. The molecule has 0 aliphatic heterocycles. The molecule has 1 N–H and O–H groups in total. The van der Waals surface area contributed by atoms with Crippen molar-refractivity contribution >= 4 is 17.0 Å². The summed E-state index contributed by atoms with van der Waals surface area (Å²) in [4.78, 5) is 12.5. The predicted molar refractivity (Wildman–Crippen MR) is 82.7 cm³/mol. The fourth-order valence-corrected chi connectivity index (χ4v) is 2.49. The molecule has 0 bridgehead atoms. The number of hydrogen-bond donors (Lipinski definition) is 1. The van der Waals surface area contributed by atoms with Gasteiger partial charge in [-0.2, -0.15) is 0 Å². The lowest BCUT2D eigenvalue weighted by Gasteiger charge is -2.07. The SMILES string of the molecule is Cc1csc(CNc2cccc(Oc3ncccn3)c2)n1. The molecule has 0 unspecified atom stereocenters. The molecule has 5 nitrogen and oxygen atoms in total. The zero-order valence-corrected chi connectivity index (χ0v) is 12.3. The van der Waals surface area contributed by atoms with Crippen molar-refractivity contribution in [3.8, 4) is 11.8 Å². The third kappa shape index (κ3) is 3.76. The molecule has 0 saturated carbocycles. The first kappa shape index (κ1) is 13.5. The van der Waals surface area contributed by atoms with Gasteiger partial charge in [0.1, 0.15) is 10.8 Å². The minimum Gasteiger partial charge on any atom is -0.424 e. The number of thiazole rings is 1. The summed E-state index contributed by atoms with van der Waals surface area (Å²) in [5.41, 5.74) is 2.02. The topological polar surface area (TPSA) is 59.9 Å². The molecule has 0 radical (unpaired) electrons. The summed E-state index contributed by atoms with van der Waals surface area (Å²) in [7, 11) is 0. The molecule has 3 rings (SSSR count). The second-order valence-corrected chi connectivity index (χ2v) is 5.34. The molecule has 21 heavy (non-hydrogen) atoms. The zero-order chi connectivity index (χ0) is 14.5. The number of ether oxygens (including phenoxy) is 1. The summed E-state index contributed by atoms with van der Waals surface area (Å²) in [6.07, 6.45) is 3.30. The first-order valence-corrected chi connectivity index (χ1v) is 7.37. The Hall–Kier alpha value is -2.47. The molecular weight excluding hydrogens is 284 g/mol. The maximum atomic E-state index is 5.60. The van der Waals surface area contributed by atoms with E-state index in [0.717, 1.165) is 16.4 Å². The summed E-state index contributed by atoms with van der Waals surface area (Å²) >= 11 is 1.65. The molecule has 0 atom stereocenters. The number of benzene rings is 1. The van der Waals surface area contributed by atoms with Crippen LogP contribution in [0, 0.1) is 6.92 Å². The first-order chi connectivity index (χ1) is 10.3. The zero-order valence-electron chi connectivity index (χ0n) is 11.5. The van der Waals surface area contributed by atoms with E-state index in [-0.39, 0.29) is 0 Å². The lowest BCUT2D eigenvalue weighted by Crippen LogP contribution is -1.99. The normalized spacial score (nSPS) is 10.3. The highest BCUT2D eigenvalue weighted by atomic mass is 32.1. The van der Waals surface area contributed by atoms with E-state index in [0.29, 0.717) is 18.3 Å². The average molecular weight is 298 g/mol. The molecule has 2 heterocycles. The largest absolute Gasteiger partial charge is 0.424 e. The van der Waals surface area contributed by atoms with Crippen molar-refractivity contribution < 1.29 is 4.74 Å². The molecular formula is C15H14N4OS. The van der Waals surface area contributed by atoms with Gasteiger partial charge >= 0.3 is 6.01 Å². The lowest BCUT2D eigenvalue weighted by atomic mass is 10.3. The molecule has 2 aromatic heterocycles. The van der Waals surface area contributed by atoms with Gasteiger partial charge in [-0.05, 0) is 25.1 Å². The van der Waals surface area contributed by atoms with E-state index in [4.69, 9.17) is 4.74 Å². The maximum absolute atomic E-state index is 5.60. The number of rotatable bonds is 5. The van der Waals surface area contributed by atoms with Crippen LogP contribution in [-0.2, 0) is 6.54 Å². The molecule has 106 valence electrons. The number of anilines is 1. The van der Waals surface area contributed by atoms with Crippen molar-refractivity contribution in [3.05, 3.63) is 58.8 Å². The fourth-order valence-electron chi connectivity index (χ4n) is 1.77. The van der Waals surface area contributed by atoms with Gasteiger partial charge in [0, 0.05) is 35.2 Å². The van der Waals surface area contributed by atoms with Gasteiger partial charge in [0.15, 0.2) is 0 Å². The standard InChI is InChI=1S/C15H14N4OS/c1-11-10-21-14(19-11)9-18-12-4-2-5-13(8-12)20-15-16-6-3-7-17-15/h2-8,10,18H,9H2,1H3. The minimum atomic E-state index is 0.338. The highest BCUT2D eigenvalue weighted by molar-refractivity contribution is 7.09. The molecule has 0 spiro atoms. The predicted octanol–water partition coefficient (Wildman–Crippen LogP) is 3.65. The monoisotopic (exact) mass is 298 g/mol. The first-order valence-electron chi connectivity index (χ1n) is 6.49. The smallest absolute Gasteiger partial charge is 0.321 e. The van der Waals surface area contributed by atoms with Crippen LogP contribution >= 0.6 is 11.3 Å². The van der Waals surface area contributed by atoms with Crippen LogP contribution in [0.1, 0.15) is 10.7 Å². The van der Waals surface area contributed by atoms with E-state index < -0.39 is 0 Å². The van der Waals surface area contributed by atoms with Crippen molar-refractivity contribution in [2.24, 2.45) is 0 Å². The molecule has 3 aromatic rings. The van der Waals surface area contributed by atoms with Gasteiger partial charge in [0.05, 0.1) is 6.54 Å². The summed E-state index contributed by atoms with van der Waals surface area (Å²) in [6, 6.07) is 9.78. The van der Waals surface area contributed by atoms with Crippen molar-refractivity contribution in [3.63, 3.8) is 0 Å². The number of aryl methyl sites for hydroxylation is 1. The fraction of sp³-hybridized carbons (Fsp3) is 0.133. The third-order valence-electron chi connectivity index (χ3n) is 2.70. The van der Waals surface area contributed by atoms with E-state index in [1.807, 2.05) is 36.6 Å². The van der Waals surface area contributed by atoms with Gasteiger partial charge in [-0.15, -0.1) is 11.3 Å². The van der Waals surface area contributed by atoms with Gasteiger partial charge in [0.2, 0.25) is 0 Å². The Labute approximate surface area is 126 Å². The summed E-state index contributed by atoms with van der Waals surface area (Å²) in [6.45, 7) is 2.69. The third-order valence-corrected chi connectivity index (χ3v) is 3.66. The Morgan fingerprint density at radius 3 is 2.81 bits per heavy atom.